The van der Waals surface area contributed by atoms with Gasteiger partial charge in [-0.2, -0.15) is 0 Å². The standard InChI is InChI=1S/6C7H10NO.Fe/c6*1-6-4-3-5-7(2)8(6)9;/h6*3-5,9H,1-2H3;/q6*+1;+3. The van der Waals surface area contributed by atoms with Gasteiger partial charge in [0.15, 0.2) is 0 Å². The fraction of sp³-hybridized carbons (Fsp3) is 0.286. The molecule has 6 heterocycles. The van der Waals surface area contributed by atoms with Crippen LogP contribution in [-0.4, -0.2) is 31.2 Å². The molecule has 6 rings (SSSR count). The Hall–Kier alpha value is -5.78. The van der Waals surface area contributed by atoms with Crippen molar-refractivity contribution in [2.24, 2.45) is 0 Å². The number of aromatic nitrogens is 6. The Kier molecular flexibility index (Phi) is 21.9. The number of aryl methyl sites for hydroxylation is 12. The molecule has 12 nitrogen and oxygen atoms in total. The summed E-state index contributed by atoms with van der Waals surface area (Å²) in [7, 11) is 0. The third kappa shape index (κ3) is 16.8. The Balaban J connectivity index is 0.000000634. The summed E-state index contributed by atoms with van der Waals surface area (Å²) in [6.45, 7) is 22.2. The number of hydrogen-bond donors (Lipinski definition) is 6. The van der Waals surface area contributed by atoms with Crippen LogP contribution in [0.5, 0.6) is 0 Å². The minimum Gasteiger partial charge on any atom is -0.285 e. The van der Waals surface area contributed by atoms with E-state index in [0.717, 1.165) is 68.3 Å². The van der Waals surface area contributed by atoms with E-state index >= 15 is 0 Å². The first-order chi connectivity index (χ1) is 25.3. The van der Waals surface area contributed by atoms with Crippen LogP contribution in [0, 0.1) is 83.1 Å². The van der Waals surface area contributed by atoms with Gasteiger partial charge < -0.3 is 0 Å². The molecule has 0 amide bonds. The van der Waals surface area contributed by atoms with Gasteiger partial charge in [0.05, 0.1) is 0 Å². The topological polar surface area (TPSA) is 145 Å². The van der Waals surface area contributed by atoms with E-state index in [1.54, 1.807) is 0 Å². The van der Waals surface area contributed by atoms with E-state index in [-0.39, 0.29) is 17.1 Å². The summed E-state index contributed by atoms with van der Waals surface area (Å²) < 4.78 is 7.00. The average Bonchev–Trinajstić information content (AvgIpc) is 3.13. The van der Waals surface area contributed by atoms with E-state index in [1.807, 2.05) is 192 Å². The van der Waals surface area contributed by atoms with Crippen LogP contribution in [-0.2, 0) is 17.1 Å². The predicted octanol–water partition coefficient (Wildman–Crippen LogP) is 4.97. The number of nitrogens with zero attached hydrogens (tertiary/aromatic N) is 6. The van der Waals surface area contributed by atoms with E-state index in [0.29, 0.717) is 0 Å². The molecule has 55 heavy (non-hydrogen) atoms. The molecular formula is C42H60FeN6O6+9. The molecule has 0 saturated heterocycles. The summed E-state index contributed by atoms with van der Waals surface area (Å²) in [6.07, 6.45) is 0. The third-order valence-electron chi connectivity index (χ3n) is 8.06. The molecule has 0 saturated carbocycles. The van der Waals surface area contributed by atoms with Crippen molar-refractivity contribution in [1.29, 1.82) is 0 Å². The summed E-state index contributed by atoms with van der Waals surface area (Å²) in [5.41, 5.74) is 10.3. The minimum atomic E-state index is 0. The maximum Gasteiger partial charge on any atom is 3.00 e. The van der Waals surface area contributed by atoms with Crippen LogP contribution in [0.1, 0.15) is 68.3 Å². The zero-order valence-corrected chi connectivity index (χ0v) is 35.2. The van der Waals surface area contributed by atoms with Gasteiger partial charge in [-0.1, -0.05) is 0 Å². The summed E-state index contributed by atoms with van der Waals surface area (Å²) in [5.74, 6) is 0. The third-order valence-corrected chi connectivity index (χ3v) is 8.06. The number of pyridine rings is 6. The van der Waals surface area contributed by atoms with Crippen molar-refractivity contribution in [3.63, 3.8) is 0 Å². The number of hydrogen-bond acceptors (Lipinski definition) is 6. The minimum absolute atomic E-state index is 0. The Morgan fingerprint density at radius 2 is 0.291 bits per heavy atom. The van der Waals surface area contributed by atoms with Crippen LogP contribution in [0.2, 0.25) is 0 Å². The van der Waals surface area contributed by atoms with Crippen molar-refractivity contribution in [2.75, 3.05) is 0 Å². The molecule has 0 atom stereocenters. The normalized spacial score (nSPS) is 9.38. The Bertz CT molecular complexity index is 1590. The molecule has 13 heteroatoms. The van der Waals surface area contributed by atoms with E-state index in [9.17, 15) is 0 Å². The average molecular weight is 801 g/mol. The van der Waals surface area contributed by atoms with E-state index in [2.05, 4.69) is 0 Å². The first kappa shape index (κ1) is 49.2. The Morgan fingerprint density at radius 1 is 0.218 bits per heavy atom. The zero-order valence-electron chi connectivity index (χ0n) is 34.1. The summed E-state index contributed by atoms with van der Waals surface area (Å²) in [6, 6.07) is 33.7. The number of rotatable bonds is 0. The monoisotopic (exact) mass is 800 g/mol. The molecule has 0 fully saturated rings. The van der Waals surface area contributed by atoms with Crippen LogP contribution in [0.15, 0.2) is 109 Å². The van der Waals surface area contributed by atoms with Crippen molar-refractivity contribution < 1.29 is 76.7 Å². The van der Waals surface area contributed by atoms with Gasteiger partial charge in [-0.25, -0.2) is 0 Å². The van der Waals surface area contributed by atoms with Gasteiger partial charge in [-0.05, 0) is 36.4 Å². The first-order valence-electron chi connectivity index (χ1n) is 17.3. The van der Waals surface area contributed by atoms with Crippen molar-refractivity contribution in [3.8, 4) is 0 Å². The molecule has 0 bridgehead atoms. The molecule has 1 radical (unpaired) electrons. The second-order valence-corrected chi connectivity index (χ2v) is 12.7. The van der Waals surface area contributed by atoms with Gasteiger partial charge in [0.1, 0.15) is 0 Å². The summed E-state index contributed by atoms with van der Waals surface area (Å²) in [5, 5.41) is 54.7. The zero-order chi connectivity index (χ0) is 41.1. The van der Waals surface area contributed by atoms with E-state index < -0.39 is 0 Å². The van der Waals surface area contributed by atoms with Crippen LogP contribution in [0.25, 0.3) is 0 Å². The largest absolute Gasteiger partial charge is 3.00 e. The van der Waals surface area contributed by atoms with Gasteiger partial charge in [0, 0.05) is 184 Å². The second-order valence-electron chi connectivity index (χ2n) is 12.7. The molecule has 0 unspecified atom stereocenters. The molecule has 293 valence electrons. The van der Waals surface area contributed by atoms with E-state index in [1.165, 1.54) is 28.4 Å². The van der Waals surface area contributed by atoms with Gasteiger partial charge in [-0.15, -0.1) is 0 Å². The van der Waals surface area contributed by atoms with Gasteiger partial charge in [0.2, 0.25) is 68.3 Å². The molecule has 0 aliphatic rings. The maximum absolute atomic E-state index is 9.12. The van der Waals surface area contributed by atoms with Crippen molar-refractivity contribution in [3.05, 3.63) is 178 Å². The van der Waals surface area contributed by atoms with Crippen molar-refractivity contribution >= 4 is 0 Å². The summed E-state index contributed by atoms with van der Waals surface area (Å²) >= 11 is 0. The Morgan fingerprint density at radius 3 is 0.345 bits per heavy atom. The molecule has 0 spiro atoms. The maximum atomic E-state index is 9.12. The van der Waals surface area contributed by atoms with Gasteiger partial charge in [-0.3, -0.25) is 31.2 Å². The quantitative estimate of drug-likeness (QED) is 0.0728. The van der Waals surface area contributed by atoms with Crippen LogP contribution < -0.4 is 28.4 Å². The molecule has 6 aromatic heterocycles. The second kappa shape index (κ2) is 24.5. The fourth-order valence-electron chi connectivity index (χ4n) is 4.48. The molecule has 6 N–H and O–H groups in total. The van der Waals surface area contributed by atoms with Crippen LogP contribution in [0.3, 0.4) is 0 Å². The summed E-state index contributed by atoms with van der Waals surface area (Å²) in [4.78, 5) is 0. The Labute approximate surface area is 336 Å². The van der Waals surface area contributed by atoms with Gasteiger partial charge >= 0.3 is 17.1 Å². The molecule has 0 aliphatic heterocycles. The van der Waals surface area contributed by atoms with Gasteiger partial charge in [0.25, 0.3) is 0 Å². The fourth-order valence-corrected chi connectivity index (χ4v) is 4.48. The predicted molar refractivity (Wildman–Crippen MR) is 200 cm³/mol. The van der Waals surface area contributed by atoms with Crippen LogP contribution in [0.4, 0.5) is 0 Å². The van der Waals surface area contributed by atoms with Crippen molar-refractivity contribution in [1.82, 2.24) is 0 Å². The molecule has 0 aromatic carbocycles. The first-order valence-corrected chi connectivity index (χ1v) is 17.3. The molecular weight excluding hydrogens is 740 g/mol. The molecule has 6 aromatic rings. The smallest absolute Gasteiger partial charge is 0.285 e. The van der Waals surface area contributed by atoms with Crippen molar-refractivity contribution in [2.45, 2.75) is 83.1 Å². The SMILES string of the molecule is Cc1cccc(C)[n+]1O.Cc1cccc(C)[n+]1O.Cc1cccc(C)[n+]1O.Cc1cccc(C)[n+]1O.Cc1cccc(C)[n+]1O.Cc1cccc(C)[n+]1O.[Fe+3]. The molecule has 0 aliphatic carbocycles. The van der Waals surface area contributed by atoms with E-state index in [4.69, 9.17) is 31.2 Å². The van der Waals surface area contributed by atoms with Crippen LogP contribution >= 0.6 is 0 Å².